The fourth-order valence-corrected chi connectivity index (χ4v) is 1.55. The molecule has 5 nitrogen and oxygen atoms in total. The average molecular weight is 226 g/mol. The largest absolute Gasteiger partial charge is 0.431 e. The van der Waals surface area contributed by atoms with Crippen LogP contribution < -0.4 is 0 Å². The van der Waals surface area contributed by atoms with Crippen molar-refractivity contribution in [1.29, 1.82) is 0 Å². The number of hydrogen-bond acceptors (Lipinski definition) is 4. The molecule has 0 aliphatic carbocycles. The van der Waals surface area contributed by atoms with Gasteiger partial charge in [-0.05, 0) is 14.0 Å². The molecule has 0 N–H and O–H groups in total. The summed E-state index contributed by atoms with van der Waals surface area (Å²) in [4.78, 5) is 26.3. The summed E-state index contributed by atoms with van der Waals surface area (Å²) in [6, 6.07) is 0. The zero-order valence-electron chi connectivity index (χ0n) is 10.0. The van der Waals surface area contributed by atoms with Crippen molar-refractivity contribution < 1.29 is 14.3 Å². The van der Waals surface area contributed by atoms with E-state index in [0.29, 0.717) is 5.76 Å². The van der Waals surface area contributed by atoms with E-state index in [1.54, 1.807) is 11.8 Å². The van der Waals surface area contributed by atoms with Crippen molar-refractivity contribution in [2.24, 2.45) is 0 Å². The minimum Gasteiger partial charge on any atom is -0.431 e. The fourth-order valence-electron chi connectivity index (χ4n) is 1.55. The molecule has 1 aliphatic heterocycles. The first-order valence-electron chi connectivity index (χ1n) is 5.33. The molecule has 0 saturated carbocycles. The van der Waals surface area contributed by atoms with Crippen LogP contribution in [-0.2, 0) is 14.3 Å². The van der Waals surface area contributed by atoms with E-state index in [-0.39, 0.29) is 5.91 Å². The molecule has 0 bridgehead atoms. The first-order chi connectivity index (χ1) is 7.49. The van der Waals surface area contributed by atoms with Crippen LogP contribution in [-0.4, -0.2) is 54.9 Å². The van der Waals surface area contributed by atoms with Crippen molar-refractivity contribution in [3.05, 3.63) is 11.8 Å². The van der Waals surface area contributed by atoms with E-state index in [4.69, 9.17) is 4.74 Å². The summed E-state index contributed by atoms with van der Waals surface area (Å²) in [5.74, 6) is -0.150. The first kappa shape index (κ1) is 12.7. The number of piperazine rings is 1. The quantitative estimate of drug-likeness (QED) is 0.384. The third-order valence-electron chi connectivity index (χ3n) is 2.45. The fraction of sp³-hybridized carbons (Fsp3) is 0.636. The predicted molar refractivity (Wildman–Crippen MR) is 59.6 cm³/mol. The monoisotopic (exact) mass is 226 g/mol. The lowest BCUT2D eigenvalue weighted by molar-refractivity contribution is -0.136. The van der Waals surface area contributed by atoms with Crippen LogP contribution in [0.2, 0.25) is 0 Å². The van der Waals surface area contributed by atoms with Crippen molar-refractivity contribution >= 4 is 11.9 Å². The number of allylic oxidation sites excluding steroid dienone is 1. The normalized spacial score (nSPS) is 18.4. The minimum absolute atomic E-state index is 0.0909. The van der Waals surface area contributed by atoms with E-state index < -0.39 is 5.97 Å². The van der Waals surface area contributed by atoms with Gasteiger partial charge in [0.1, 0.15) is 5.76 Å². The lowest BCUT2D eigenvalue weighted by Gasteiger charge is -2.31. The third kappa shape index (κ3) is 4.02. The summed E-state index contributed by atoms with van der Waals surface area (Å²) in [5.41, 5.74) is 0. The van der Waals surface area contributed by atoms with Gasteiger partial charge in [-0.3, -0.25) is 9.59 Å². The number of carbonyl (C=O) groups is 2. The van der Waals surface area contributed by atoms with Gasteiger partial charge in [0.05, 0.1) is 0 Å². The maximum Gasteiger partial charge on any atom is 0.307 e. The molecule has 1 saturated heterocycles. The molecule has 0 radical (unpaired) electrons. The Balaban J connectivity index is 2.48. The van der Waals surface area contributed by atoms with Crippen LogP contribution >= 0.6 is 0 Å². The van der Waals surface area contributed by atoms with Gasteiger partial charge in [0.2, 0.25) is 5.91 Å². The van der Waals surface area contributed by atoms with Gasteiger partial charge in [0.25, 0.3) is 0 Å². The van der Waals surface area contributed by atoms with Crippen LogP contribution in [0.3, 0.4) is 0 Å². The van der Waals surface area contributed by atoms with Gasteiger partial charge in [-0.1, -0.05) is 0 Å². The molecule has 1 heterocycles. The number of esters is 1. The van der Waals surface area contributed by atoms with Gasteiger partial charge in [-0.25, -0.2) is 0 Å². The number of ether oxygens (including phenoxy) is 1. The first-order valence-corrected chi connectivity index (χ1v) is 5.33. The lowest BCUT2D eigenvalue weighted by atomic mass is 10.3. The zero-order chi connectivity index (χ0) is 12.1. The molecule has 1 rings (SSSR count). The van der Waals surface area contributed by atoms with Crippen LogP contribution in [0.4, 0.5) is 0 Å². The highest BCUT2D eigenvalue weighted by Crippen LogP contribution is 2.03. The van der Waals surface area contributed by atoms with Crippen LogP contribution in [0.15, 0.2) is 11.8 Å². The Labute approximate surface area is 95.6 Å². The minimum atomic E-state index is -0.403. The van der Waals surface area contributed by atoms with Gasteiger partial charge in [-0.15, -0.1) is 0 Å². The third-order valence-corrected chi connectivity index (χ3v) is 2.45. The highest BCUT2D eigenvalue weighted by atomic mass is 16.5. The molecule has 0 unspecified atom stereocenters. The standard InChI is InChI=1S/C11H18N2O3/c1-9(16-10(2)14)8-11(15)13-6-4-12(3)5-7-13/h8H,4-7H2,1-3H3/b9-8-. The Bertz CT molecular complexity index is 304. The van der Waals surface area contributed by atoms with Gasteiger partial charge < -0.3 is 14.5 Å². The molecule has 1 amide bonds. The smallest absolute Gasteiger partial charge is 0.307 e. The maximum atomic E-state index is 11.7. The summed E-state index contributed by atoms with van der Waals surface area (Å²) in [5, 5.41) is 0. The summed E-state index contributed by atoms with van der Waals surface area (Å²) in [7, 11) is 2.03. The van der Waals surface area contributed by atoms with Crippen molar-refractivity contribution in [1.82, 2.24) is 9.80 Å². The summed E-state index contributed by atoms with van der Waals surface area (Å²) in [6.07, 6.45) is 1.37. The van der Waals surface area contributed by atoms with Crippen LogP contribution in [0.1, 0.15) is 13.8 Å². The number of nitrogens with zero attached hydrogens (tertiary/aromatic N) is 2. The van der Waals surface area contributed by atoms with E-state index in [2.05, 4.69) is 4.90 Å². The van der Waals surface area contributed by atoms with Gasteiger partial charge in [0.15, 0.2) is 0 Å². The van der Waals surface area contributed by atoms with Gasteiger partial charge in [-0.2, -0.15) is 0 Å². The molecule has 0 aromatic rings. The summed E-state index contributed by atoms with van der Waals surface area (Å²) >= 11 is 0. The second-order valence-corrected chi connectivity index (χ2v) is 3.98. The molecular formula is C11H18N2O3. The molecule has 90 valence electrons. The Hall–Kier alpha value is -1.36. The number of carbonyl (C=O) groups excluding carboxylic acids is 2. The number of rotatable bonds is 2. The van der Waals surface area contributed by atoms with Crippen molar-refractivity contribution in [3.63, 3.8) is 0 Å². The van der Waals surface area contributed by atoms with Crippen LogP contribution in [0.5, 0.6) is 0 Å². The highest BCUT2D eigenvalue weighted by molar-refractivity contribution is 5.88. The highest BCUT2D eigenvalue weighted by Gasteiger charge is 2.17. The van der Waals surface area contributed by atoms with E-state index in [9.17, 15) is 9.59 Å². The van der Waals surface area contributed by atoms with E-state index >= 15 is 0 Å². The maximum absolute atomic E-state index is 11.7. The second-order valence-electron chi connectivity index (χ2n) is 3.98. The molecule has 5 heteroatoms. The van der Waals surface area contributed by atoms with E-state index in [1.165, 1.54) is 13.0 Å². The number of hydrogen-bond donors (Lipinski definition) is 0. The van der Waals surface area contributed by atoms with Gasteiger partial charge in [0, 0.05) is 39.2 Å². The van der Waals surface area contributed by atoms with E-state index in [0.717, 1.165) is 26.2 Å². The van der Waals surface area contributed by atoms with E-state index in [1.807, 2.05) is 7.05 Å². The number of amides is 1. The molecule has 0 atom stereocenters. The van der Waals surface area contributed by atoms with Crippen LogP contribution in [0, 0.1) is 0 Å². The summed E-state index contributed by atoms with van der Waals surface area (Å²) < 4.78 is 4.80. The van der Waals surface area contributed by atoms with Crippen molar-refractivity contribution in [3.8, 4) is 0 Å². The Morgan fingerprint density at radius 1 is 1.12 bits per heavy atom. The number of likely N-dealkylation sites (N-methyl/N-ethyl adjacent to an activating group) is 1. The molecule has 0 aromatic carbocycles. The molecular weight excluding hydrogens is 208 g/mol. The topological polar surface area (TPSA) is 49.9 Å². The lowest BCUT2D eigenvalue weighted by Crippen LogP contribution is -2.46. The Morgan fingerprint density at radius 2 is 1.69 bits per heavy atom. The molecule has 1 aliphatic rings. The predicted octanol–water partition coefficient (Wildman–Crippen LogP) is 0.227. The summed E-state index contributed by atoms with van der Waals surface area (Å²) in [6.45, 7) is 6.13. The Morgan fingerprint density at radius 3 is 2.19 bits per heavy atom. The van der Waals surface area contributed by atoms with Crippen molar-refractivity contribution in [2.45, 2.75) is 13.8 Å². The average Bonchev–Trinajstić information content (AvgIpc) is 2.16. The molecule has 0 aromatic heterocycles. The van der Waals surface area contributed by atoms with Crippen molar-refractivity contribution in [2.75, 3.05) is 33.2 Å². The SMILES string of the molecule is CC(=O)O/C(C)=C\C(=O)N1CCN(C)CC1. The Kier molecular flexibility index (Phi) is 4.49. The van der Waals surface area contributed by atoms with Gasteiger partial charge >= 0.3 is 5.97 Å². The molecule has 1 fully saturated rings. The second kappa shape index (κ2) is 5.65. The molecule has 0 spiro atoms. The zero-order valence-corrected chi connectivity index (χ0v) is 10.0. The van der Waals surface area contributed by atoms with Crippen LogP contribution in [0.25, 0.3) is 0 Å². The molecule has 16 heavy (non-hydrogen) atoms.